The number of H-pyrrole nitrogens is 1. The maximum Gasteiger partial charge on any atom is 0.228 e. The van der Waals surface area contributed by atoms with Gasteiger partial charge in [-0.25, -0.2) is 4.98 Å². The van der Waals surface area contributed by atoms with Gasteiger partial charge in [0.05, 0.1) is 6.42 Å². The van der Waals surface area contributed by atoms with Gasteiger partial charge in [0.1, 0.15) is 5.82 Å². The third-order valence-corrected chi connectivity index (χ3v) is 4.99. The minimum Gasteiger partial charge on any atom is -0.366 e. The number of carbonyl (C=O) groups is 1. The standard InChI is InChI=1S/C22H20N6O/c29-21-11-17-9-14(2-4-18(17)27-21)13-26-22-24-8-6-20(28-22)25-12-15-1-3-16-5-7-23-19(16)10-15/h1-10,23H,11-13H2,(H,27,29)(H2,24,25,26,28). The zero-order valence-electron chi connectivity index (χ0n) is 15.7. The van der Waals surface area contributed by atoms with Crippen LogP contribution in [-0.2, 0) is 24.3 Å². The topological polar surface area (TPSA) is 94.7 Å². The molecule has 1 aliphatic heterocycles. The Balaban J connectivity index is 1.22. The van der Waals surface area contributed by atoms with Crippen molar-refractivity contribution in [3.05, 3.63) is 77.6 Å². The van der Waals surface area contributed by atoms with Crippen molar-refractivity contribution in [3.63, 3.8) is 0 Å². The van der Waals surface area contributed by atoms with Crippen molar-refractivity contribution in [2.24, 2.45) is 0 Å². The van der Waals surface area contributed by atoms with Gasteiger partial charge >= 0.3 is 0 Å². The normalized spacial score (nSPS) is 12.6. The van der Waals surface area contributed by atoms with E-state index in [2.05, 4.69) is 55.2 Å². The van der Waals surface area contributed by atoms with Gasteiger partial charge < -0.3 is 20.9 Å². The zero-order valence-corrected chi connectivity index (χ0v) is 15.7. The van der Waals surface area contributed by atoms with E-state index in [1.807, 2.05) is 30.5 Å². The number of hydrogen-bond donors (Lipinski definition) is 4. The molecule has 3 heterocycles. The van der Waals surface area contributed by atoms with Gasteiger partial charge in [-0.15, -0.1) is 0 Å². The number of aromatic nitrogens is 3. The predicted octanol–water partition coefficient (Wildman–Crippen LogP) is 3.68. The van der Waals surface area contributed by atoms with Crippen molar-refractivity contribution in [1.29, 1.82) is 0 Å². The summed E-state index contributed by atoms with van der Waals surface area (Å²) < 4.78 is 0. The molecule has 0 fully saturated rings. The van der Waals surface area contributed by atoms with E-state index in [-0.39, 0.29) is 5.91 Å². The summed E-state index contributed by atoms with van der Waals surface area (Å²) in [6.45, 7) is 1.27. The molecule has 7 heteroatoms. The number of amides is 1. The molecule has 0 unspecified atom stereocenters. The molecule has 0 aliphatic carbocycles. The van der Waals surface area contributed by atoms with Gasteiger partial charge in [0.25, 0.3) is 0 Å². The van der Waals surface area contributed by atoms with E-state index in [9.17, 15) is 4.79 Å². The largest absolute Gasteiger partial charge is 0.366 e. The molecule has 2 aromatic carbocycles. The van der Waals surface area contributed by atoms with E-state index >= 15 is 0 Å². The quantitative estimate of drug-likeness (QED) is 0.407. The molecule has 0 saturated carbocycles. The Kier molecular flexibility index (Phi) is 4.32. The first-order valence-electron chi connectivity index (χ1n) is 9.51. The number of nitrogens with one attached hydrogen (secondary N) is 4. The fourth-order valence-corrected chi connectivity index (χ4v) is 3.51. The Labute approximate surface area is 167 Å². The van der Waals surface area contributed by atoms with E-state index in [0.29, 0.717) is 25.5 Å². The number of hydrogen-bond acceptors (Lipinski definition) is 5. The smallest absolute Gasteiger partial charge is 0.228 e. The van der Waals surface area contributed by atoms with Crippen molar-refractivity contribution < 1.29 is 4.79 Å². The predicted molar refractivity (Wildman–Crippen MR) is 114 cm³/mol. The first kappa shape index (κ1) is 17.2. The zero-order chi connectivity index (χ0) is 19.6. The van der Waals surface area contributed by atoms with Gasteiger partial charge in [-0.2, -0.15) is 4.98 Å². The Morgan fingerprint density at radius 3 is 2.79 bits per heavy atom. The molecule has 144 valence electrons. The van der Waals surface area contributed by atoms with Gasteiger partial charge in [0, 0.05) is 36.7 Å². The van der Waals surface area contributed by atoms with Crippen LogP contribution in [-0.4, -0.2) is 20.9 Å². The van der Waals surface area contributed by atoms with Gasteiger partial charge in [-0.05, 0) is 46.3 Å². The number of carbonyl (C=O) groups excluding carboxylic acids is 1. The molecule has 1 amide bonds. The van der Waals surface area contributed by atoms with Gasteiger partial charge in [-0.3, -0.25) is 4.79 Å². The van der Waals surface area contributed by atoms with E-state index in [1.165, 1.54) is 10.9 Å². The van der Waals surface area contributed by atoms with Crippen molar-refractivity contribution in [3.8, 4) is 0 Å². The van der Waals surface area contributed by atoms with Crippen molar-refractivity contribution in [2.75, 3.05) is 16.0 Å². The molecule has 2 aromatic heterocycles. The molecule has 0 atom stereocenters. The summed E-state index contributed by atoms with van der Waals surface area (Å²) in [6.07, 6.45) is 4.12. The van der Waals surface area contributed by atoms with Gasteiger partial charge in [0.2, 0.25) is 11.9 Å². The highest BCUT2D eigenvalue weighted by atomic mass is 16.1. The van der Waals surface area contributed by atoms with Crippen molar-refractivity contribution in [1.82, 2.24) is 15.0 Å². The molecule has 4 N–H and O–H groups in total. The van der Waals surface area contributed by atoms with Crippen LogP contribution in [0.5, 0.6) is 0 Å². The number of benzene rings is 2. The molecule has 4 aromatic rings. The molecule has 7 nitrogen and oxygen atoms in total. The molecule has 1 aliphatic rings. The highest BCUT2D eigenvalue weighted by Crippen LogP contribution is 2.24. The highest BCUT2D eigenvalue weighted by molar-refractivity contribution is 5.99. The Morgan fingerprint density at radius 1 is 0.966 bits per heavy atom. The summed E-state index contributed by atoms with van der Waals surface area (Å²) >= 11 is 0. The van der Waals surface area contributed by atoms with E-state index in [0.717, 1.165) is 28.1 Å². The third kappa shape index (κ3) is 3.75. The monoisotopic (exact) mass is 384 g/mol. The lowest BCUT2D eigenvalue weighted by Gasteiger charge is -2.09. The summed E-state index contributed by atoms with van der Waals surface area (Å²) in [7, 11) is 0. The van der Waals surface area contributed by atoms with Crippen LogP contribution in [0, 0.1) is 0 Å². The third-order valence-electron chi connectivity index (χ3n) is 4.99. The Bertz CT molecular complexity index is 1200. The molecule has 0 bridgehead atoms. The van der Waals surface area contributed by atoms with E-state index in [1.54, 1.807) is 6.20 Å². The number of fused-ring (bicyclic) bond motifs is 2. The average Bonchev–Trinajstić information content (AvgIpc) is 3.35. The molecule has 0 radical (unpaired) electrons. The molecular formula is C22H20N6O. The van der Waals surface area contributed by atoms with Crippen molar-refractivity contribution in [2.45, 2.75) is 19.5 Å². The first-order chi connectivity index (χ1) is 14.2. The Morgan fingerprint density at radius 2 is 1.83 bits per heavy atom. The summed E-state index contributed by atoms with van der Waals surface area (Å²) in [5, 5.41) is 10.6. The van der Waals surface area contributed by atoms with Crippen LogP contribution < -0.4 is 16.0 Å². The van der Waals surface area contributed by atoms with E-state index < -0.39 is 0 Å². The summed E-state index contributed by atoms with van der Waals surface area (Å²) in [5.74, 6) is 1.37. The van der Waals surface area contributed by atoms with Crippen LogP contribution in [0.1, 0.15) is 16.7 Å². The highest BCUT2D eigenvalue weighted by Gasteiger charge is 2.17. The lowest BCUT2D eigenvalue weighted by molar-refractivity contribution is -0.115. The van der Waals surface area contributed by atoms with Crippen molar-refractivity contribution >= 4 is 34.3 Å². The maximum absolute atomic E-state index is 11.5. The second kappa shape index (κ2) is 7.27. The van der Waals surface area contributed by atoms with Crippen LogP contribution in [0.2, 0.25) is 0 Å². The summed E-state index contributed by atoms with van der Waals surface area (Å²) in [6, 6.07) is 16.2. The van der Waals surface area contributed by atoms with Gasteiger partial charge in [0.15, 0.2) is 0 Å². The molecule has 29 heavy (non-hydrogen) atoms. The lowest BCUT2D eigenvalue weighted by atomic mass is 10.1. The fourth-order valence-electron chi connectivity index (χ4n) is 3.51. The Hall–Kier alpha value is -3.87. The number of nitrogens with zero attached hydrogens (tertiary/aromatic N) is 2. The molecule has 0 saturated heterocycles. The van der Waals surface area contributed by atoms with Crippen LogP contribution in [0.4, 0.5) is 17.5 Å². The number of anilines is 3. The van der Waals surface area contributed by atoms with Gasteiger partial charge in [-0.1, -0.05) is 24.3 Å². The summed E-state index contributed by atoms with van der Waals surface area (Å²) in [5.41, 5.74) is 5.32. The minimum atomic E-state index is 0.0441. The average molecular weight is 384 g/mol. The van der Waals surface area contributed by atoms with Crippen LogP contribution in [0.25, 0.3) is 10.9 Å². The number of rotatable bonds is 6. The van der Waals surface area contributed by atoms with Crippen LogP contribution >= 0.6 is 0 Å². The first-order valence-corrected chi connectivity index (χ1v) is 9.51. The fraction of sp³-hybridized carbons (Fsp3) is 0.136. The molecule has 0 spiro atoms. The maximum atomic E-state index is 11.5. The molecular weight excluding hydrogens is 364 g/mol. The lowest BCUT2D eigenvalue weighted by Crippen LogP contribution is -2.07. The summed E-state index contributed by atoms with van der Waals surface area (Å²) in [4.78, 5) is 23.5. The van der Waals surface area contributed by atoms with Crippen LogP contribution in [0.3, 0.4) is 0 Å². The minimum absolute atomic E-state index is 0.0441. The molecule has 5 rings (SSSR count). The second-order valence-electron chi connectivity index (χ2n) is 7.09. The van der Waals surface area contributed by atoms with Crippen LogP contribution in [0.15, 0.2) is 60.9 Å². The SMILES string of the molecule is O=C1Cc2cc(CNc3nccc(NCc4ccc5cc[nH]c5c4)n3)ccc2N1. The number of aromatic amines is 1. The van der Waals surface area contributed by atoms with E-state index in [4.69, 9.17) is 0 Å². The second-order valence-corrected chi connectivity index (χ2v) is 7.09.